The lowest BCUT2D eigenvalue weighted by molar-refractivity contribution is 0.451. The molecule has 0 unspecified atom stereocenters. The molecule has 3 rings (SSSR count). The molecule has 1 aromatic heterocycles. The first-order valence-corrected chi connectivity index (χ1v) is 4.98. The summed E-state index contributed by atoms with van der Waals surface area (Å²) in [5.41, 5.74) is 1.46. The Morgan fingerprint density at radius 2 is 2.07 bits per heavy atom. The summed E-state index contributed by atoms with van der Waals surface area (Å²) >= 11 is 0. The number of benzene rings is 1. The molecule has 1 saturated heterocycles. The van der Waals surface area contributed by atoms with Gasteiger partial charge in [0, 0.05) is 36.8 Å². The Morgan fingerprint density at radius 1 is 1.20 bits per heavy atom. The highest BCUT2D eigenvalue weighted by atomic mass is 35.5. The van der Waals surface area contributed by atoms with Gasteiger partial charge >= 0.3 is 0 Å². The SMILES string of the molecule is Cl.c1cc(C2CNC2)c2ccncc2c1. The number of aromatic nitrogens is 1. The fourth-order valence-corrected chi connectivity index (χ4v) is 2.01. The van der Waals surface area contributed by atoms with E-state index in [9.17, 15) is 0 Å². The van der Waals surface area contributed by atoms with Gasteiger partial charge in [0.15, 0.2) is 0 Å². The molecule has 1 aromatic carbocycles. The first kappa shape index (κ1) is 10.4. The lowest BCUT2D eigenvalue weighted by Gasteiger charge is -2.28. The molecule has 1 aliphatic rings. The summed E-state index contributed by atoms with van der Waals surface area (Å²) in [5.74, 6) is 0.695. The van der Waals surface area contributed by atoms with Crippen LogP contribution in [0.25, 0.3) is 10.8 Å². The van der Waals surface area contributed by atoms with Crippen molar-refractivity contribution in [3.8, 4) is 0 Å². The topological polar surface area (TPSA) is 24.9 Å². The van der Waals surface area contributed by atoms with Gasteiger partial charge in [-0.15, -0.1) is 12.4 Å². The largest absolute Gasteiger partial charge is 0.315 e. The highest BCUT2D eigenvalue weighted by molar-refractivity contribution is 5.85. The zero-order valence-corrected chi connectivity index (χ0v) is 9.13. The quantitative estimate of drug-likeness (QED) is 0.798. The molecule has 0 radical (unpaired) electrons. The van der Waals surface area contributed by atoms with Gasteiger partial charge in [-0.05, 0) is 17.0 Å². The predicted octanol–water partition coefficient (Wildman–Crippen LogP) is 2.34. The molecule has 0 saturated carbocycles. The van der Waals surface area contributed by atoms with Crippen molar-refractivity contribution in [3.05, 3.63) is 42.2 Å². The van der Waals surface area contributed by atoms with E-state index >= 15 is 0 Å². The first-order chi connectivity index (χ1) is 6.95. The van der Waals surface area contributed by atoms with Crippen LogP contribution in [0.5, 0.6) is 0 Å². The maximum Gasteiger partial charge on any atom is 0.0346 e. The first-order valence-electron chi connectivity index (χ1n) is 4.98. The number of halogens is 1. The molecule has 0 amide bonds. The molecule has 3 heteroatoms. The van der Waals surface area contributed by atoms with Crippen molar-refractivity contribution in [2.45, 2.75) is 5.92 Å². The average Bonchev–Trinajstić information content (AvgIpc) is 2.16. The molecule has 1 aliphatic heterocycles. The molecule has 2 nitrogen and oxygen atoms in total. The lowest BCUT2D eigenvalue weighted by Crippen LogP contribution is -2.39. The molecule has 0 aliphatic carbocycles. The van der Waals surface area contributed by atoms with Crippen LogP contribution in [0.1, 0.15) is 11.5 Å². The zero-order chi connectivity index (χ0) is 9.38. The van der Waals surface area contributed by atoms with Crippen LogP contribution in [0, 0.1) is 0 Å². The second-order valence-electron chi connectivity index (χ2n) is 3.80. The summed E-state index contributed by atoms with van der Waals surface area (Å²) in [4.78, 5) is 4.14. The third-order valence-corrected chi connectivity index (χ3v) is 2.94. The Hall–Kier alpha value is -1.12. The van der Waals surface area contributed by atoms with Gasteiger partial charge in [0.1, 0.15) is 0 Å². The standard InChI is InChI=1S/C12H12N2.ClH/c1-2-9-6-13-5-4-12(9)11(3-1)10-7-14-8-10;/h1-6,10,14H,7-8H2;1H. The van der Waals surface area contributed by atoms with Gasteiger partial charge in [0.2, 0.25) is 0 Å². The van der Waals surface area contributed by atoms with Crippen LogP contribution in [0.2, 0.25) is 0 Å². The summed E-state index contributed by atoms with van der Waals surface area (Å²) in [6, 6.07) is 8.59. The number of fused-ring (bicyclic) bond motifs is 1. The van der Waals surface area contributed by atoms with Crippen molar-refractivity contribution in [2.24, 2.45) is 0 Å². The third-order valence-electron chi connectivity index (χ3n) is 2.94. The second kappa shape index (κ2) is 4.17. The van der Waals surface area contributed by atoms with Crippen molar-refractivity contribution in [1.82, 2.24) is 10.3 Å². The Morgan fingerprint density at radius 3 is 2.80 bits per heavy atom. The highest BCUT2D eigenvalue weighted by Crippen LogP contribution is 2.27. The van der Waals surface area contributed by atoms with Crippen molar-refractivity contribution < 1.29 is 0 Å². The van der Waals surface area contributed by atoms with Crippen LogP contribution < -0.4 is 5.32 Å². The average molecular weight is 221 g/mol. The number of hydrogen-bond donors (Lipinski definition) is 1. The van der Waals surface area contributed by atoms with Gasteiger partial charge in [-0.25, -0.2) is 0 Å². The van der Waals surface area contributed by atoms with Gasteiger partial charge in [0.05, 0.1) is 0 Å². The molecule has 0 atom stereocenters. The van der Waals surface area contributed by atoms with E-state index in [0.717, 1.165) is 13.1 Å². The van der Waals surface area contributed by atoms with Crippen LogP contribution in [0.15, 0.2) is 36.7 Å². The van der Waals surface area contributed by atoms with E-state index in [1.165, 1.54) is 16.3 Å². The normalized spacial score (nSPS) is 15.7. The molecule has 1 fully saturated rings. The minimum Gasteiger partial charge on any atom is -0.315 e. The van der Waals surface area contributed by atoms with Crippen LogP contribution in [0.3, 0.4) is 0 Å². The molecule has 15 heavy (non-hydrogen) atoms. The van der Waals surface area contributed by atoms with E-state index in [0.29, 0.717) is 5.92 Å². The Bertz CT molecular complexity index is 461. The molecule has 2 heterocycles. The number of rotatable bonds is 1. The minimum atomic E-state index is 0. The van der Waals surface area contributed by atoms with Crippen LogP contribution >= 0.6 is 12.4 Å². The van der Waals surface area contributed by atoms with Crippen LogP contribution in [-0.4, -0.2) is 18.1 Å². The van der Waals surface area contributed by atoms with Crippen molar-refractivity contribution in [3.63, 3.8) is 0 Å². The van der Waals surface area contributed by atoms with E-state index < -0.39 is 0 Å². The predicted molar refractivity (Wildman–Crippen MR) is 64.6 cm³/mol. The molecule has 1 N–H and O–H groups in total. The summed E-state index contributed by atoms with van der Waals surface area (Å²) < 4.78 is 0. The van der Waals surface area contributed by atoms with E-state index in [2.05, 4.69) is 34.6 Å². The molecule has 78 valence electrons. The zero-order valence-electron chi connectivity index (χ0n) is 8.31. The maximum atomic E-state index is 4.14. The summed E-state index contributed by atoms with van der Waals surface area (Å²) in [6.45, 7) is 2.23. The van der Waals surface area contributed by atoms with Gasteiger partial charge < -0.3 is 5.32 Å². The lowest BCUT2D eigenvalue weighted by atomic mass is 9.90. The van der Waals surface area contributed by atoms with Gasteiger partial charge in [0.25, 0.3) is 0 Å². The van der Waals surface area contributed by atoms with Gasteiger partial charge in [-0.3, -0.25) is 4.98 Å². The number of hydrogen-bond acceptors (Lipinski definition) is 2. The number of pyridine rings is 1. The Kier molecular flexibility index (Phi) is 2.89. The fraction of sp³-hybridized carbons (Fsp3) is 0.250. The van der Waals surface area contributed by atoms with E-state index in [4.69, 9.17) is 0 Å². The van der Waals surface area contributed by atoms with Crippen molar-refractivity contribution in [1.29, 1.82) is 0 Å². The Balaban J connectivity index is 0.000000853. The number of nitrogens with one attached hydrogen (secondary N) is 1. The third kappa shape index (κ3) is 1.71. The number of nitrogens with zero attached hydrogens (tertiary/aromatic N) is 1. The summed E-state index contributed by atoms with van der Waals surface area (Å²) in [6.07, 6.45) is 3.81. The van der Waals surface area contributed by atoms with Gasteiger partial charge in [-0.2, -0.15) is 0 Å². The summed E-state index contributed by atoms with van der Waals surface area (Å²) in [5, 5.41) is 5.91. The molecule has 0 spiro atoms. The fourth-order valence-electron chi connectivity index (χ4n) is 2.01. The molecular weight excluding hydrogens is 208 g/mol. The Labute approximate surface area is 95.1 Å². The maximum absolute atomic E-state index is 4.14. The second-order valence-corrected chi connectivity index (χ2v) is 3.80. The molecule has 2 aromatic rings. The van der Waals surface area contributed by atoms with Gasteiger partial charge in [-0.1, -0.05) is 18.2 Å². The smallest absolute Gasteiger partial charge is 0.0346 e. The summed E-state index contributed by atoms with van der Waals surface area (Å²) in [7, 11) is 0. The minimum absolute atomic E-state index is 0. The highest BCUT2D eigenvalue weighted by Gasteiger charge is 2.20. The van der Waals surface area contributed by atoms with E-state index in [1.54, 1.807) is 0 Å². The van der Waals surface area contributed by atoms with E-state index in [-0.39, 0.29) is 12.4 Å². The molecule has 0 bridgehead atoms. The van der Waals surface area contributed by atoms with Crippen LogP contribution in [-0.2, 0) is 0 Å². The molecular formula is C12H13ClN2. The van der Waals surface area contributed by atoms with Crippen LogP contribution in [0.4, 0.5) is 0 Å². The van der Waals surface area contributed by atoms with Crippen molar-refractivity contribution in [2.75, 3.05) is 13.1 Å². The monoisotopic (exact) mass is 220 g/mol. The van der Waals surface area contributed by atoms with Crippen molar-refractivity contribution >= 4 is 23.2 Å². The van der Waals surface area contributed by atoms with E-state index in [1.807, 2.05) is 12.4 Å².